The zero-order chi connectivity index (χ0) is 23.1. The van der Waals surface area contributed by atoms with Gasteiger partial charge in [-0.3, -0.25) is 4.79 Å². The van der Waals surface area contributed by atoms with E-state index in [2.05, 4.69) is 16.7 Å². The SMILES string of the molecule is COc1ccc(-c2c[c]c3c4c(C(N)=O)cccc4n(Cc4c(Cl)cccc4Cl)c3c2)cc1. The fraction of sp³-hybridized carbons (Fsp3) is 0.0741. The Bertz CT molecular complexity index is 1500. The molecule has 1 heterocycles. The van der Waals surface area contributed by atoms with Crippen LogP contribution in [-0.4, -0.2) is 17.6 Å². The van der Waals surface area contributed by atoms with Gasteiger partial charge in [0, 0.05) is 31.9 Å². The fourth-order valence-corrected chi connectivity index (χ4v) is 4.74. The summed E-state index contributed by atoms with van der Waals surface area (Å²) in [6.07, 6.45) is 0. The molecule has 2 N–H and O–H groups in total. The Labute approximate surface area is 201 Å². The smallest absolute Gasteiger partial charge is 0.249 e. The normalized spacial score (nSPS) is 11.2. The van der Waals surface area contributed by atoms with Crippen LogP contribution >= 0.6 is 23.2 Å². The Hall–Kier alpha value is -3.47. The van der Waals surface area contributed by atoms with Gasteiger partial charge in [0.2, 0.25) is 5.91 Å². The van der Waals surface area contributed by atoms with Gasteiger partial charge in [-0.1, -0.05) is 47.5 Å². The molecule has 1 radical (unpaired) electrons. The second-order valence-electron chi connectivity index (χ2n) is 7.73. The molecule has 4 nitrogen and oxygen atoms in total. The molecule has 6 heteroatoms. The van der Waals surface area contributed by atoms with Gasteiger partial charge in [0.25, 0.3) is 0 Å². The molecule has 5 rings (SSSR count). The van der Waals surface area contributed by atoms with Crippen molar-refractivity contribution in [3.8, 4) is 16.9 Å². The van der Waals surface area contributed by atoms with Crippen LogP contribution in [0.2, 0.25) is 10.0 Å². The number of carbonyl (C=O) groups excluding carboxylic acids is 1. The Morgan fingerprint density at radius 1 is 0.970 bits per heavy atom. The summed E-state index contributed by atoms with van der Waals surface area (Å²) in [7, 11) is 1.64. The van der Waals surface area contributed by atoms with Crippen LogP contribution in [-0.2, 0) is 6.54 Å². The lowest BCUT2D eigenvalue weighted by molar-refractivity contribution is 0.100. The number of nitrogens with two attached hydrogens (primary N) is 1. The van der Waals surface area contributed by atoms with Crippen molar-refractivity contribution in [1.82, 2.24) is 4.57 Å². The number of benzene rings is 4. The number of ether oxygens (including phenoxy) is 1. The zero-order valence-electron chi connectivity index (χ0n) is 17.7. The maximum Gasteiger partial charge on any atom is 0.249 e. The first-order chi connectivity index (χ1) is 16.0. The summed E-state index contributed by atoms with van der Waals surface area (Å²) >= 11 is 13.0. The van der Waals surface area contributed by atoms with Crippen LogP contribution in [0, 0.1) is 6.07 Å². The second kappa shape index (κ2) is 8.47. The minimum Gasteiger partial charge on any atom is -0.497 e. The van der Waals surface area contributed by atoms with Gasteiger partial charge < -0.3 is 15.0 Å². The molecule has 0 saturated carbocycles. The van der Waals surface area contributed by atoms with Crippen molar-refractivity contribution < 1.29 is 9.53 Å². The first-order valence-electron chi connectivity index (χ1n) is 10.3. The Morgan fingerprint density at radius 2 is 1.67 bits per heavy atom. The summed E-state index contributed by atoms with van der Waals surface area (Å²) in [5, 5.41) is 2.75. The van der Waals surface area contributed by atoms with Crippen LogP contribution in [0.5, 0.6) is 5.75 Å². The van der Waals surface area contributed by atoms with E-state index in [1.165, 1.54) is 0 Å². The molecule has 0 atom stereocenters. The third-order valence-corrected chi connectivity index (χ3v) is 6.57. The van der Waals surface area contributed by atoms with E-state index in [4.69, 9.17) is 33.7 Å². The number of amides is 1. The maximum absolute atomic E-state index is 12.2. The van der Waals surface area contributed by atoms with Gasteiger partial charge in [0.1, 0.15) is 5.75 Å². The molecule has 0 saturated heterocycles. The first kappa shape index (κ1) is 21.4. The van der Waals surface area contributed by atoms with Gasteiger partial charge in [-0.2, -0.15) is 0 Å². The van der Waals surface area contributed by atoms with Crippen LogP contribution < -0.4 is 10.5 Å². The molecule has 0 unspecified atom stereocenters. The quantitative estimate of drug-likeness (QED) is 0.307. The number of primary amides is 1. The highest BCUT2D eigenvalue weighted by molar-refractivity contribution is 6.36. The van der Waals surface area contributed by atoms with Gasteiger partial charge in [-0.25, -0.2) is 0 Å². The van der Waals surface area contributed by atoms with Crippen LogP contribution in [0.4, 0.5) is 0 Å². The lowest BCUT2D eigenvalue weighted by Crippen LogP contribution is -2.11. The molecule has 1 amide bonds. The van der Waals surface area contributed by atoms with Crippen molar-refractivity contribution in [3.63, 3.8) is 0 Å². The molecule has 0 bridgehead atoms. The minimum atomic E-state index is -0.483. The van der Waals surface area contributed by atoms with E-state index in [-0.39, 0.29) is 0 Å². The maximum atomic E-state index is 12.2. The zero-order valence-corrected chi connectivity index (χ0v) is 19.2. The van der Waals surface area contributed by atoms with Crippen molar-refractivity contribution in [3.05, 3.63) is 100 Å². The molecular formula is C27H19Cl2N2O2. The Morgan fingerprint density at radius 3 is 2.33 bits per heavy atom. The third-order valence-electron chi connectivity index (χ3n) is 5.86. The van der Waals surface area contributed by atoms with Gasteiger partial charge in [-0.05, 0) is 65.7 Å². The summed E-state index contributed by atoms with van der Waals surface area (Å²) in [6.45, 7) is 0.431. The topological polar surface area (TPSA) is 57.2 Å². The average Bonchev–Trinajstić information content (AvgIpc) is 3.14. The number of halogens is 2. The minimum absolute atomic E-state index is 0.431. The molecule has 33 heavy (non-hydrogen) atoms. The van der Waals surface area contributed by atoms with Crippen molar-refractivity contribution in [2.24, 2.45) is 5.73 Å². The molecule has 163 valence electrons. The van der Waals surface area contributed by atoms with Gasteiger partial charge in [0.05, 0.1) is 24.7 Å². The molecule has 1 aromatic heterocycles. The lowest BCUT2D eigenvalue weighted by atomic mass is 10.0. The fourth-order valence-electron chi connectivity index (χ4n) is 4.22. The van der Waals surface area contributed by atoms with E-state index < -0.39 is 5.91 Å². The number of aromatic nitrogens is 1. The molecule has 0 fully saturated rings. The van der Waals surface area contributed by atoms with Crippen LogP contribution in [0.1, 0.15) is 15.9 Å². The highest BCUT2D eigenvalue weighted by Gasteiger charge is 2.19. The largest absolute Gasteiger partial charge is 0.497 e. The Kier molecular flexibility index (Phi) is 5.49. The average molecular weight is 474 g/mol. The number of hydrogen-bond acceptors (Lipinski definition) is 2. The Balaban J connectivity index is 1.79. The van der Waals surface area contributed by atoms with E-state index in [0.717, 1.165) is 44.2 Å². The van der Waals surface area contributed by atoms with E-state index in [9.17, 15) is 4.79 Å². The molecule has 0 aliphatic carbocycles. The second-order valence-corrected chi connectivity index (χ2v) is 8.54. The summed E-state index contributed by atoms with van der Waals surface area (Å²) < 4.78 is 7.38. The first-order valence-corrected chi connectivity index (χ1v) is 11.1. The van der Waals surface area contributed by atoms with E-state index in [1.54, 1.807) is 13.2 Å². The van der Waals surface area contributed by atoms with Crippen molar-refractivity contribution in [1.29, 1.82) is 0 Å². The molecular weight excluding hydrogens is 455 g/mol. The number of carbonyl (C=O) groups is 1. The standard InChI is InChI=1S/C27H19Cl2N2O2/c1-33-18-11-8-16(9-12-18)17-10-13-19-25(14-17)31(15-21-22(28)5-3-6-23(21)29)24-7-2-4-20(26(19)24)27(30)32/h2-12,14H,15H2,1H3,(H2,30,32). The highest BCUT2D eigenvalue weighted by atomic mass is 35.5. The lowest BCUT2D eigenvalue weighted by Gasteiger charge is -2.12. The molecule has 0 aliphatic rings. The van der Waals surface area contributed by atoms with Crippen molar-refractivity contribution in [2.75, 3.05) is 7.11 Å². The van der Waals surface area contributed by atoms with Crippen molar-refractivity contribution >= 4 is 50.9 Å². The summed E-state index contributed by atoms with van der Waals surface area (Å²) in [5.74, 6) is 0.306. The van der Waals surface area contributed by atoms with Gasteiger partial charge in [0.15, 0.2) is 0 Å². The molecule has 0 spiro atoms. The summed E-state index contributed by atoms with van der Waals surface area (Å²) in [5.41, 5.74) is 10.7. The highest BCUT2D eigenvalue weighted by Crippen LogP contribution is 2.36. The number of methoxy groups -OCH3 is 1. The monoisotopic (exact) mass is 473 g/mol. The van der Waals surface area contributed by atoms with Gasteiger partial charge >= 0.3 is 0 Å². The summed E-state index contributed by atoms with van der Waals surface area (Å²) in [6, 6.07) is 26.2. The van der Waals surface area contributed by atoms with Crippen LogP contribution in [0.3, 0.4) is 0 Å². The van der Waals surface area contributed by atoms with E-state index in [0.29, 0.717) is 22.2 Å². The molecule has 5 aromatic rings. The van der Waals surface area contributed by atoms with Gasteiger partial charge in [-0.15, -0.1) is 0 Å². The molecule has 4 aromatic carbocycles. The van der Waals surface area contributed by atoms with Crippen LogP contribution in [0.15, 0.2) is 72.8 Å². The van der Waals surface area contributed by atoms with Crippen molar-refractivity contribution in [2.45, 2.75) is 6.54 Å². The predicted molar refractivity (Wildman–Crippen MR) is 134 cm³/mol. The summed E-state index contributed by atoms with van der Waals surface area (Å²) in [4.78, 5) is 12.2. The number of fused-ring (bicyclic) bond motifs is 3. The predicted octanol–water partition coefficient (Wildman–Crippen LogP) is 6.72. The van der Waals surface area contributed by atoms with E-state index >= 15 is 0 Å². The number of nitrogens with zero attached hydrogens (tertiary/aromatic N) is 1. The van der Waals surface area contributed by atoms with Crippen LogP contribution in [0.25, 0.3) is 32.9 Å². The molecule has 0 aliphatic heterocycles. The third kappa shape index (κ3) is 3.71. The number of rotatable bonds is 5. The van der Waals surface area contributed by atoms with E-state index in [1.807, 2.05) is 60.7 Å². The number of hydrogen-bond donors (Lipinski definition) is 1.